The van der Waals surface area contributed by atoms with Crippen molar-refractivity contribution in [3.8, 4) is 89.0 Å². The number of benzene rings is 20. The first kappa shape index (κ1) is 92.7. The highest BCUT2D eigenvalue weighted by atomic mass is 79.9. The first-order valence-electron chi connectivity index (χ1n) is 49.2. The summed E-state index contributed by atoms with van der Waals surface area (Å²) < 4.78 is 2.26. The van der Waals surface area contributed by atoms with Crippen LogP contribution in [0.5, 0.6) is 0 Å². The molecule has 20 aromatic carbocycles. The number of nitrogens with one attached hydrogen (secondary N) is 1. The fraction of sp³-hybridized carbons (Fsp3) is 0.111. The number of hydrogen-bond acceptors (Lipinski definition) is 5. The molecule has 5 nitrogen and oxygen atoms in total. The van der Waals surface area contributed by atoms with E-state index in [0.717, 1.165) is 43.1 Å². The molecule has 0 unspecified atom stereocenters. The molecule has 0 saturated carbocycles. The molecule has 692 valence electrons. The minimum Gasteiger partial charge on any atom is -0.399 e. The lowest BCUT2D eigenvalue weighted by Gasteiger charge is -2.42. The van der Waals surface area contributed by atoms with E-state index < -0.39 is 0 Å². The topological polar surface area (TPSA) is 47.8 Å². The Balaban J connectivity index is 0.000000116. The molecule has 20 aromatic rings. The van der Waals surface area contributed by atoms with Gasteiger partial charge >= 0.3 is 0 Å². The Labute approximate surface area is 854 Å². The number of fused-ring (bicyclic) bond motifs is 13. The van der Waals surface area contributed by atoms with Crippen molar-refractivity contribution in [3.63, 3.8) is 0 Å². The molecule has 0 aromatic heterocycles. The van der Waals surface area contributed by atoms with E-state index in [4.69, 9.17) is 5.73 Å². The Morgan fingerprint density at radius 1 is 0.197 bits per heavy atom. The molecule has 2 aliphatic heterocycles. The third-order valence-corrected chi connectivity index (χ3v) is 30.6. The van der Waals surface area contributed by atoms with Gasteiger partial charge < -0.3 is 25.8 Å². The van der Waals surface area contributed by atoms with E-state index in [-0.39, 0.29) is 27.1 Å². The quantitative estimate of drug-likeness (QED) is 0.119. The number of nitrogen functional groups attached to an aromatic ring is 1. The number of anilines is 12. The largest absolute Gasteiger partial charge is 0.399 e. The Bertz CT molecular complexity index is 7990. The van der Waals surface area contributed by atoms with Crippen molar-refractivity contribution in [1.82, 2.24) is 0 Å². The molecule has 2 heterocycles. The van der Waals surface area contributed by atoms with Gasteiger partial charge in [0.2, 0.25) is 0 Å². The van der Waals surface area contributed by atoms with Gasteiger partial charge in [-0.15, -0.1) is 0 Å². The molecule has 0 saturated heterocycles. The monoisotopic (exact) mass is 1960 g/mol. The maximum atomic E-state index is 5.60. The Hall–Kier alpha value is -15.6. The highest BCUT2D eigenvalue weighted by molar-refractivity contribution is 9.10. The number of hydrogen-bond donors (Lipinski definition) is 2. The van der Waals surface area contributed by atoms with Crippen LogP contribution in [-0.4, -0.2) is 0 Å². The summed E-state index contributed by atoms with van der Waals surface area (Å²) in [7, 11) is 0. The van der Waals surface area contributed by atoms with Crippen molar-refractivity contribution in [1.29, 1.82) is 0 Å². The van der Waals surface area contributed by atoms with Gasteiger partial charge in [0.25, 0.3) is 0 Å². The number of halogens is 2. The van der Waals surface area contributed by atoms with Crippen molar-refractivity contribution >= 4 is 100 Å². The first-order chi connectivity index (χ1) is 68.9. The SMILES string of the molecule is CC1(C)c2ccccc2-c2ccc(Br)cc21.CC1(C)c2ccccc2-c2ccc(N(c3ccc(-c4ccccc4)cc3)c3ccc(-c4ccc5c(c4)N(c4ccccc4)c4ccccc4C5(C)C)cc3)cc21.CC1(C)c2ccccc2-c2ccc(Nc3ccc(-c4ccccc4)cc3)cc21.CC1(C)c2ccccc2N(c2ccccc2)c2cc(-c3ccc(Br)cc3)ccc21.Nc1ccc(-c2ccccc2)cc1. The summed E-state index contributed by atoms with van der Waals surface area (Å²) in [5.74, 6) is 0. The second-order valence-corrected chi connectivity index (χ2v) is 42.0. The van der Waals surface area contributed by atoms with Gasteiger partial charge in [0.05, 0.1) is 22.7 Å². The van der Waals surface area contributed by atoms with Crippen LogP contribution in [-0.2, 0) is 27.1 Å². The van der Waals surface area contributed by atoms with E-state index in [1.54, 1.807) is 0 Å². The number of para-hydroxylation sites is 4. The number of nitrogens with two attached hydrogens (primary N) is 1. The Kier molecular flexibility index (Phi) is 25.1. The summed E-state index contributed by atoms with van der Waals surface area (Å²) in [6, 6.07) is 174. The minimum absolute atomic E-state index is 0.0286. The molecule has 5 aliphatic rings. The maximum Gasteiger partial charge on any atom is 0.0508 e. The van der Waals surface area contributed by atoms with Crippen LogP contribution in [0.15, 0.2) is 494 Å². The van der Waals surface area contributed by atoms with Crippen LogP contribution >= 0.6 is 31.9 Å². The maximum absolute atomic E-state index is 5.60. The number of rotatable bonds is 12. The van der Waals surface area contributed by atoms with Gasteiger partial charge in [-0.2, -0.15) is 0 Å². The van der Waals surface area contributed by atoms with Crippen LogP contribution in [0.1, 0.15) is 125 Å². The number of nitrogens with zero attached hydrogens (tertiary/aromatic N) is 3. The molecule has 25 rings (SSSR count). The van der Waals surface area contributed by atoms with Crippen LogP contribution < -0.4 is 25.8 Å². The Morgan fingerprint density at radius 2 is 0.465 bits per heavy atom. The average molecular weight is 1970 g/mol. The zero-order valence-corrected chi connectivity index (χ0v) is 85.0. The highest BCUT2D eigenvalue weighted by Crippen LogP contribution is 2.58. The summed E-state index contributed by atoms with van der Waals surface area (Å²) in [6.07, 6.45) is 0. The van der Waals surface area contributed by atoms with Gasteiger partial charge in [-0.25, -0.2) is 0 Å². The van der Waals surface area contributed by atoms with Crippen molar-refractivity contribution in [2.45, 2.75) is 96.3 Å². The molecular formula is C135H113Br2N5. The van der Waals surface area contributed by atoms with Crippen molar-refractivity contribution in [2.75, 3.05) is 25.8 Å². The van der Waals surface area contributed by atoms with Crippen molar-refractivity contribution in [2.24, 2.45) is 0 Å². The van der Waals surface area contributed by atoms with Gasteiger partial charge in [0, 0.05) is 81.5 Å². The lowest BCUT2D eigenvalue weighted by atomic mass is 9.73. The minimum atomic E-state index is -0.137. The lowest BCUT2D eigenvalue weighted by molar-refractivity contribution is 0.632. The molecule has 7 heteroatoms. The van der Waals surface area contributed by atoms with E-state index in [9.17, 15) is 0 Å². The van der Waals surface area contributed by atoms with Gasteiger partial charge in [-0.05, 0) is 290 Å². The fourth-order valence-corrected chi connectivity index (χ4v) is 22.6. The molecule has 0 amide bonds. The fourth-order valence-electron chi connectivity index (χ4n) is 22.0. The second kappa shape index (κ2) is 38.5. The standard InChI is InChI=1S/C54H44N2.C27H22BrN.C27H23N.C15H13Br.C12H11N/c1-53(2)47-20-12-11-19-45(47)46-33-32-44(36-50(46)53)55(42-28-23-38(24-29-42)37-15-7-5-8-16-37)43-30-25-39(26-31-43)40-27-34-49-52(35-40)56(41-17-9-6-10-18-41)51-22-14-13-21-48(51)54(49,3)4;1-27(2)23-10-6-7-11-25(23)29(22-8-4-3-5-9-22)26-18-20(14-17-24(26)27)19-12-15-21(28)16-13-19;1-27(2)25-11-7-6-10-23(25)24-17-16-22(18-26(24)27)28-21-14-12-20(13-15-21)19-8-4-3-5-9-19;1-15(2)13-6-4-3-5-11(13)12-8-7-10(16)9-14(12)15;13-12-8-6-11(7-9-12)10-4-2-1-3-5-10/h5-36H,1-4H3;3-18H,1-2H3;3-18,28H,1-2H3;3-9H,1-2H3;1-9H,13H2. The molecule has 3 N–H and O–H groups in total. The van der Waals surface area contributed by atoms with Gasteiger partial charge in [-0.1, -0.05) is 441 Å². The Morgan fingerprint density at radius 3 is 0.880 bits per heavy atom. The molecule has 0 spiro atoms. The van der Waals surface area contributed by atoms with Crippen LogP contribution in [0.2, 0.25) is 0 Å². The van der Waals surface area contributed by atoms with Gasteiger partial charge in [0.1, 0.15) is 0 Å². The summed E-state index contributed by atoms with van der Waals surface area (Å²) in [5, 5.41) is 3.58. The zero-order chi connectivity index (χ0) is 97.6. The summed E-state index contributed by atoms with van der Waals surface area (Å²) in [4.78, 5) is 7.24. The molecule has 0 atom stereocenters. The van der Waals surface area contributed by atoms with Crippen LogP contribution in [0, 0.1) is 0 Å². The summed E-state index contributed by atoms with van der Waals surface area (Å²) >= 11 is 7.10. The van der Waals surface area contributed by atoms with E-state index in [0.29, 0.717) is 0 Å². The zero-order valence-electron chi connectivity index (χ0n) is 81.9. The summed E-state index contributed by atoms with van der Waals surface area (Å²) in [5.41, 5.74) is 53.3. The third-order valence-electron chi connectivity index (χ3n) is 29.6. The van der Waals surface area contributed by atoms with Crippen LogP contribution in [0.3, 0.4) is 0 Å². The molecule has 0 radical (unpaired) electrons. The smallest absolute Gasteiger partial charge is 0.0508 e. The van der Waals surface area contributed by atoms with Crippen molar-refractivity contribution in [3.05, 3.63) is 550 Å². The summed E-state index contributed by atoms with van der Waals surface area (Å²) in [6.45, 7) is 23.3. The second-order valence-electron chi connectivity index (χ2n) is 40.1. The molecule has 3 aliphatic carbocycles. The van der Waals surface area contributed by atoms with Gasteiger partial charge in [-0.3, -0.25) is 0 Å². The van der Waals surface area contributed by atoms with Gasteiger partial charge in [0.15, 0.2) is 0 Å². The molecule has 0 bridgehead atoms. The predicted octanol–water partition coefficient (Wildman–Crippen LogP) is 38.2. The molecular weight excluding hydrogens is 1850 g/mol. The molecule has 142 heavy (non-hydrogen) atoms. The van der Waals surface area contributed by atoms with E-state index in [1.165, 1.54) is 179 Å². The van der Waals surface area contributed by atoms with Crippen molar-refractivity contribution < 1.29 is 0 Å². The lowest BCUT2D eigenvalue weighted by Crippen LogP contribution is -2.30. The van der Waals surface area contributed by atoms with E-state index >= 15 is 0 Å². The van der Waals surface area contributed by atoms with Crippen LogP contribution in [0.25, 0.3) is 89.0 Å². The predicted molar refractivity (Wildman–Crippen MR) is 610 cm³/mol. The average Bonchev–Trinajstić information content (AvgIpc) is 1.23. The highest BCUT2D eigenvalue weighted by Gasteiger charge is 2.42. The van der Waals surface area contributed by atoms with Crippen LogP contribution in [0.4, 0.5) is 68.2 Å². The van der Waals surface area contributed by atoms with E-state index in [1.807, 2.05) is 48.5 Å². The molecule has 0 fully saturated rings. The first-order valence-corrected chi connectivity index (χ1v) is 50.8. The van der Waals surface area contributed by atoms with E-state index in [2.05, 4.69) is 558 Å². The third kappa shape index (κ3) is 17.8. The normalized spacial score (nSPS) is 13.9.